The van der Waals surface area contributed by atoms with Gasteiger partial charge in [0.25, 0.3) is 5.91 Å². The summed E-state index contributed by atoms with van der Waals surface area (Å²) in [6, 6.07) is 4.01. The van der Waals surface area contributed by atoms with Crippen LogP contribution in [-0.4, -0.2) is 38.1 Å². The fourth-order valence-corrected chi connectivity index (χ4v) is 2.66. The average molecular weight is 375 g/mol. The number of amides is 2. The van der Waals surface area contributed by atoms with Gasteiger partial charge < -0.3 is 15.4 Å². The van der Waals surface area contributed by atoms with Crippen molar-refractivity contribution in [2.75, 3.05) is 20.3 Å². The van der Waals surface area contributed by atoms with Gasteiger partial charge in [0.05, 0.1) is 10.6 Å². The summed E-state index contributed by atoms with van der Waals surface area (Å²) in [6.45, 7) is 5.06. The van der Waals surface area contributed by atoms with E-state index in [-0.39, 0.29) is 16.8 Å². The summed E-state index contributed by atoms with van der Waals surface area (Å²) in [6.07, 6.45) is 1.25. The molecule has 1 aromatic rings. The van der Waals surface area contributed by atoms with Crippen molar-refractivity contribution in [3.8, 4) is 0 Å². The maximum absolute atomic E-state index is 12.4. The lowest BCUT2D eigenvalue weighted by Gasteiger charge is -2.20. The number of halogens is 2. The second-order valence-corrected chi connectivity index (χ2v) is 6.76. The molecule has 1 unspecified atom stereocenters. The summed E-state index contributed by atoms with van der Waals surface area (Å²) in [5.74, 6) is -0.353. The summed E-state index contributed by atoms with van der Waals surface area (Å²) in [7, 11) is 1.61. The Kier molecular flexibility index (Phi) is 9.11. The lowest BCUT2D eigenvalue weighted by atomic mass is 10.0. The van der Waals surface area contributed by atoms with Crippen LogP contribution in [-0.2, 0) is 9.53 Å². The predicted molar refractivity (Wildman–Crippen MR) is 96.7 cm³/mol. The Morgan fingerprint density at radius 2 is 1.96 bits per heavy atom. The standard InChI is InChI=1S/C17H24Cl2N2O3/c1-11(2)9-15(17(23)20-7-4-8-24-3)21-16(22)13-6-5-12(18)10-14(13)19/h5-6,10-11,15H,4,7-9H2,1-3H3,(H,20,23)(H,21,22). The fraction of sp³-hybridized carbons (Fsp3) is 0.529. The molecule has 0 aromatic heterocycles. The van der Waals surface area contributed by atoms with E-state index < -0.39 is 11.9 Å². The van der Waals surface area contributed by atoms with Gasteiger partial charge in [0.1, 0.15) is 6.04 Å². The lowest BCUT2D eigenvalue weighted by molar-refractivity contribution is -0.123. The van der Waals surface area contributed by atoms with Gasteiger partial charge >= 0.3 is 0 Å². The number of nitrogens with one attached hydrogen (secondary N) is 2. The first-order valence-electron chi connectivity index (χ1n) is 7.87. The number of methoxy groups -OCH3 is 1. The molecule has 2 amide bonds. The van der Waals surface area contributed by atoms with Crippen LogP contribution in [0.2, 0.25) is 10.0 Å². The molecule has 0 fully saturated rings. The first kappa shape index (κ1) is 20.7. The van der Waals surface area contributed by atoms with E-state index in [9.17, 15) is 9.59 Å². The minimum Gasteiger partial charge on any atom is -0.385 e. The Hall–Kier alpha value is -1.30. The van der Waals surface area contributed by atoms with E-state index >= 15 is 0 Å². The lowest BCUT2D eigenvalue weighted by Crippen LogP contribution is -2.47. The molecule has 1 rings (SSSR count). The highest BCUT2D eigenvalue weighted by molar-refractivity contribution is 6.36. The third-order valence-electron chi connectivity index (χ3n) is 3.33. The maximum Gasteiger partial charge on any atom is 0.253 e. The van der Waals surface area contributed by atoms with Gasteiger partial charge in [0.2, 0.25) is 5.91 Å². The summed E-state index contributed by atoms with van der Waals surface area (Å²) in [5, 5.41) is 6.28. The molecule has 2 N–H and O–H groups in total. The molecule has 0 aliphatic heterocycles. The van der Waals surface area contributed by atoms with Crippen LogP contribution >= 0.6 is 23.2 Å². The molecule has 1 aromatic carbocycles. The Morgan fingerprint density at radius 3 is 2.54 bits per heavy atom. The van der Waals surface area contributed by atoms with E-state index in [1.165, 1.54) is 6.07 Å². The van der Waals surface area contributed by atoms with Crippen LogP contribution in [0.1, 0.15) is 37.0 Å². The zero-order chi connectivity index (χ0) is 18.1. The fourth-order valence-electron chi connectivity index (χ4n) is 2.16. The van der Waals surface area contributed by atoms with Crippen LogP contribution in [0.25, 0.3) is 0 Å². The van der Waals surface area contributed by atoms with E-state index in [0.717, 1.165) is 0 Å². The van der Waals surface area contributed by atoms with Crippen LogP contribution < -0.4 is 10.6 Å². The number of ether oxygens (including phenoxy) is 1. The molecule has 1 atom stereocenters. The van der Waals surface area contributed by atoms with Crippen molar-refractivity contribution in [2.24, 2.45) is 5.92 Å². The highest BCUT2D eigenvalue weighted by Crippen LogP contribution is 2.21. The Bertz CT molecular complexity index is 565. The van der Waals surface area contributed by atoms with E-state index in [0.29, 0.717) is 36.6 Å². The molecular weight excluding hydrogens is 351 g/mol. The van der Waals surface area contributed by atoms with Gasteiger partial charge in [-0.25, -0.2) is 0 Å². The van der Waals surface area contributed by atoms with Crippen molar-refractivity contribution >= 4 is 35.0 Å². The first-order valence-corrected chi connectivity index (χ1v) is 8.63. The monoisotopic (exact) mass is 374 g/mol. The number of hydrogen-bond donors (Lipinski definition) is 2. The highest BCUT2D eigenvalue weighted by atomic mass is 35.5. The summed E-state index contributed by atoms with van der Waals surface area (Å²) < 4.78 is 4.95. The second kappa shape index (κ2) is 10.5. The van der Waals surface area contributed by atoms with Crippen LogP contribution in [0.4, 0.5) is 0 Å². The Labute approximate surface area is 153 Å². The second-order valence-electron chi connectivity index (χ2n) is 5.92. The van der Waals surface area contributed by atoms with Crippen molar-refractivity contribution in [1.82, 2.24) is 10.6 Å². The van der Waals surface area contributed by atoms with Crippen molar-refractivity contribution in [3.63, 3.8) is 0 Å². The molecule has 0 bridgehead atoms. The van der Waals surface area contributed by atoms with Crippen molar-refractivity contribution in [2.45, 2.75) is 32.7 Å². The van der Waals surface area contributed by atoms with E-state index in [1.54, 1.807) is 19.2 Å². The largest absolute Gasteiger partial charge is 0.385 e. The quantitative estimate of drug-likeness (QED) is 0.651. The number of hydrogen-bond acceptors (Lipinski definition) is 3. The zero-order valence-corrected chi connectivity index (χ0v) is 15.7. The van der Waals surface area contributed by atoms with Gasteiger partial charge in [-0.2, -0.15) is 0 Å². The summed E-state index contributed by atoms with van der Waals surface area (Å²) in [4.78, 5) is 24.7. The minimum absolute atomic E-state index is 0.210. The number of benzene rings is 1. The Balaban J connectivity index is 2.73. The summed E-state index contributed by atoms with van der Waals surface area (Å²) in [5.41, 5.74) is 0.294. The molecule has 0 saturated heterocycles. The first-order chi connectivity index (χ1) is 11.3. The smallest absolute Gasteiger partial charge is 0.253 e. The molecular formula is C17H24Cl2N2O3. The third kappa shape index (κ3) is 7.07. The minimum atomic E-state index is -0.619. The zero-order valence-electron chi connectivity index (χ0n) is 14.2. The maximum atomic E-state index is 12.4. The van der Waals surface area contributed by atoms with Crippen molar-refractivity contribution < 1.29 is 14.3 Å². The topological polar surface area (TPSA) is 67.4 Å². The van der Waals surface area contributed by atoms with Gasteiger partial charge in [-0.15, -0.1) is 0 Å². The molecule has 134 valence electrons. The van der Waals surface area contributed by atoms with Crippen LogP contribution in [0, 0.1) is 5.92 Å². The molecule has 0 aliphatic carbocycles. The van der Waals surface area contributed by atoms with E-state index in [4.69, 9.17) is 27.9 Å². The molecule has 7 heteroatoms. The van der Waals surface area contributed by atoms with Crippen LogP contribution in [0.5, 0.6) is 0 Å². The van der Waals surface area contributed by atoms with Crippen molar-refractivity contribution in [3.05, 3.63) is 33.8 Å². The predicted octanol–water partition coefficient (Wildman–Crippen LogP) is 3.29. The van der Waals surface area contributed by atoms with Crippen molar-refractivity contribution in [1.29, 1.82) is 0 Å². The number of carbonyl (C=O) groups excluding carboxylic acids is 2. The SMILES string of the molecule is COCCCNC(=O)C(CC(C)C)NC(=O)c1ccc(Cl)cc1Cl. The highest BCUT2D eigenvalue weighted by Gasteiger charge is 2.23. The van der Waals surface area contributed by atoms with E-state index in [1.807, 2.05) is 13.8 Å². The molecule has 0 saturated carbocycles. The molecule has 5 nitrogen and oxygen atoms in total. The molecule has 0 heterocycles. The Morgan fingerprint density at radius 1 is 1.25 bits per heavy atom. The molecule has 24 heavy (non-hydrogen) atoms. The molecule has 0 radical (unpaired) electrons. The van der Waals surface area contributed by atoms with Gasteiger partial charge in [-0.3, -0.25) is 9.59 Å². The third-order valence-corrected chi connectivity index (χ3v) is 3.88. The normalized spacial score (nSPS) is 12.1. The molecule has 0 aliphatic rings. The van der Waals surface area contributed by atoms with Gasteiger partial charge in [0, 0.05) is 25.3 Å². The van der Waals surface area contributed by atoms with Crippen LogP contribution in [0.3, 0.4) is 0 Å². The van der Waals surface area contributed by atoms with E-state index in [2.05, 4.69) is 10.6 Å². The number of carbonyl (C=O) groups is 2. The van der Waals surface area contributed by atoms with Gasteiger partial charge in [-0.05, 0) is 37.0 Å². The van der Waals surface area contributed by atoms with Crippen LogP contribution in [0.15, 0.2) is 18.2 Å². The number of rotatable bonds is 9. The molecule has 0 spiro atoms. The van der Waals surface area contributed by atoms with Gasteiger partial charge in [0.15, 0.2) is 0 Å². The summed E-state index contributed by atoms with van der Waals surface area (Å²) >= 11 is 11.9. The average Bonchev–Trinajstić information content (AvgIpc) is 2.50. The van der Waals surface area contributed by atoms with Gasteiger partial charge in [-0.1, -0.05) is 37.0 Å².